The van der Waals surface area contributed by atoms with Gasteiger partial charge in [0.15, 0.2) is 0 Å². The first-order valence-corrected chi connectivity index (χ1v) is 14.6. The van der Waals surface area contributed by atoms with Gasteiger partial charge in [0.25, 0.3) is 20.2 Å². The molecular formula is C14H24N2O10S6. The molecule has 12 nitrogen and oxygen atoms in total. The first-order valence-electron chi connectivity index (χ1n) is 8.42. The van der Waals surface area contributed by atoms with Crippen molar-refractivity contribution in [2.24, 2.45) is 0 Å². The van der Waals surface area contributed by atoms with Gasteiger partial charge >= 0.3 is 11.9 Å². The van der Waals surface area contributed by atoms with Crippen molar-refractivity contribution in [3.63, 3.8) is 0 Å². The van der Waals surface area contributed by atoms with Crippen molar-refractivity contribution in [1.82, 2.24) is 10.6 Å². The van der Waals surface area contributed by atoms with Crippen molar-refractivity contribution >= 4 is 88.2 Å². The van der Waals surface area contributed by atoms with Crippen LogP contribution in [0.4, 0.5) is 0 Å². The lowest BCUT2D eigenvalue weighted by Gasteiger charge is -2.26. The van der Waals surface area contributed by atoms with E-state index in [2.05, 4.69) is 10.6 Å². The molecule has 6 N–H and O–H groups in total. The Balaban J connectivity index is 5.03. The summed E-state index contributed by atoms with van der Waals surface area (Å²) in [5.41, 5.74) is 0. The van der Waals surface area contributed by atoms with Crippen molar-refractivity contribution in [2.75, 3.05) is 11.5 Å². The summed E-state index contributed by atoms with van der Waals surface area (Å²) in [7, 11) is -7.37. The van der Waals surface area contributed by atoms with E-state index in [0.29, 0.717) is 0 Å². The maximum Gasteiger partial charge on any atom is 0.327 e. The molecule has 186 valence electrons. The first kappa shape index (κ1) is 31.2. The minimum absolute atomic E-state index is 0.172. The molecule has 32 heavy (non-hydrogen) atoms. The average molecular weight is 573 g/mol. The van der Waals surface area contributed by atoms with Gasteiger partial charge in [-0.3, -0.25) is 9.11 Å². The summed E-state index contributed by atoms with van der Waals surface area (Å²) in [6.07, 6.45) is 0. The molecule has 0 aliphatic heterocycles. The molecule has 2 atom stereocenters. The maximum absolute atomic E-state index is 11.4. The number of thiocarbonyl (C=S) groups is 2. The van der Waals surface area contributed by atoms with Crippen LogP contribution in [-0.4, -0.2) is 91.2 Å². The number of carboxylic acids is 2. The van der Waals surface area contributed by atoms with Crippen molar-refractivity contribution < 1.29 is 45.7 Å². The second-order valence-electron chi connectivity index (χ2n) is 7.27. The van der Waals surface area contributed by atoms with Gasteiger partial charge < -0.3 is 20.8 Å². The molecule has 0 saturated heterocycles. The second-order valence-corrected chi connectivity index (χ2v) is 14.6. The Morgan fingerprint density at radius 2 is 1.03 bits per heavy atom. The Hall–Kier alpha value is -0.760. The van der Waals surface area contributed by atoms with Gasteiger partial charge in [0, 0.05) is 11.5 Å². The van der Waals surface area contributed by atoms with Crippen molar-refractivity contribution in [1.29, 1.82) is 0 Å². The highest BCUT2D eigenvalue weighted by Gasteiger charge is 2.40. The van der Waals surface area contributed by atoms with Crippen LogP contribution in [0.25, 0.3) is 0 Å². The summed E-state index contributed by atoms with van der Waals surface area (Å²) in [4.78, 5) is 22.0. The van der Waals surface area contributed by atoms with Crippen LogP contribution >= 0.6 is 46.0 Å². The summed E-state index contributed by atoms with van der Waals surface area (Å²) in [6.45, 7) is 4.38. The Kier molecular flexibility index (Phi) is 11.3. The zero-order valence-corrected chi connectivity index (χ0v) is 22.2. The monoisotopic (exact) mass is 572 g/mol. The van der Waals surface area contributed by atoms with E-state index in [9.17, 15) is 45.7 Å². The molecule has 0 aliphatic rings. The highest BCUT2D eigenvalue weighted by atomic mass is 33.1. The quantitative estimate of drug-likeness (QED) is 0.0765. The van der Waals surface area contributed by atoms with Gasteiger partial charge in [-0.2, -0.15) is 16.8 Å². The molecular weight excluding hydrogens is 549 g/mol. The minimum Gasteiger partial charge on any atom is -0.480 e. The number of hydrogen-bond acceptors (Lipinski definition) is 10. The van der Waals surface area contributed by atoms with Crippen LogP contribution < -0.4 is 10.6 Å². The molecule has 0 saturated carbocycles. The van der Waals surface area contributed by atoms with Crippen LogP contribution in [0.2, 0.25) is 0 Å². The van der Waals surface area contributed by atoms with Crippen LogP contribution in [0.5, 0.6) is 0 Å². The third kappa shape index (κ3) is 8.54. The van der Waals surface area contributed by atoms with Gasteiger partial charge in [0.05, 0.1) is 9.98 Å². The maximum atomic E-state index is 11.4. The van der Waals surface area contributed by atoms with E-state index >= 15 is 0 Å². The van der Waals surface area contributed by atoms with E-state index in [4.69, 9.17) is 24.4 Å². The SMILES string of the molecule is CC(C)(C(=S)NC(CSSC[C@H](NC(=S)C(C)(C)S(=O)(=O)O)C(=O)O)C(=O)O)S(=O)(=O)O. The van der Waals surface area contributed by atoms with E-state index in [-0.39, 0.29) is 11.5 Å². The molecule has 0 aliphatic carbocycles. The molecule has 0 rings (SSSR count). The molecule has 0 aromatic heterocycles. The van der Waals surface area contributed by atoms with Gasteiger partial charge in [-0.15, -0.1) is 0 Å². The van der Waals surface area contributed by atoms with E-state index in [1.54, 1.807) is 0 Å². The van der Waals surface area contributed by atoms with Crippen LogP contribution in [0.1, 0.15) is 27.7 Å². The summed E-state index contributed by atoms with van der Waals surface area (Å²) >= 11 is 9.80. The largest absolute Gasteiger partial charge is 0.480 e. The standard InChI is InChI=1S/C14H24N2O10S6/c1-13(2,31(21,22)23)11(27)15-7(9(17)18)5-29-30-6-8(10(19)20)16-12(28)14(3,4)32(24,25)26/h7-8H,5-6H2,1-4H3,(H,15,27)(H,16,28)(H,17,18)(H,19,20)(H,21,22,23)(H,24,25,26)/t7-,8?/m0/s1. The molecule has 0 aromatic rings. The lowest BCUT2D eigenvalue weighted by molar-refractivity contribution is -0.139. The normalized spacial score (nSPS) is 14.8. The zero-order valence-electron chi connectivity index (χ0n) is 17.3. The summed E-state index contributed by atoms with van der Waals surface area (Å²) in [5.74, 6) is -3.07. The average Bonchev–Trinajstić information content (AvgIpc) is 2.60. The number of aliphatic carboxylic acids is 2. The fourth-order valence-electron chi connectivity index (χ4n) is 1.48. The van der Waals surface area contributed by atoms with Crippen molar-refractivity contribution in [3.8, 4) is 0 Å². The van der Waals surface area contributed by atoms with Gasteiger partial charge in [-0.05, 0) is 27.7 Å². The van der Waals surface area contributed by atoms with Crippen LogP contribution in [0, 0.1) is 0 Å². The smallest absolute Gasteiger partial charge is 0.327 e. The van der Waals surface area contributed by atoms with Crippen molar-refractivity contribution in [2.45, 2.75) is 49.3 Å². The molecule has 0 spiro atoms. The fourth-order valence-corrected chi connectivity index (χ4v) is 5.29. The predicted octanol–water partition coefficient (Wildman–Crippen LogP) is 0.441. The number of carboxylic acid groups (broad SMARTS) is 2. The minimum atomic E-state index is -4.61. The lowest BCUT2D eigenvalue weighted by atomic mass is 10.2. The Bertz CT molecular complexity index is 882. The third-order valence-electron chi connectivity index (χ3n) is 4.14. The van der Waals surface area contributed by atoms with Crippen LogP contribution in [-0.2, 0) is 29.8 Å². The summed E-state index contributed by atoms with van der Waals surface area (Å²) < 4.78 is 60.3. The Labute approximate surface area is 204 Å². The molecule has 18 heteroatoms. The molecule has 1 unspecified atom stereocenters. The molecule has 0 amide bonds. The predicted molar refractivity (Wildman–Crippen MR) is 130 cm³/mol. The zero-order chi connectivity index (χ0) is 25.7. The summed E-state index contributed by atoms with van der Waals surface area (Å²) in [6, 6.07) is -2.70. The molecule has 0 fully saturated rings. The van der Waals surface area contributed by atoms with Gasteiger partial charge in [0.1, 0.15) is 21.6 Å². The molecule has 0 aromatic carbocycles. The van der Waals surface area contributed by atoms with Crippen LogP contribution in [0.15, 0.2) is 0 Å². The van der Waals surface area contributed by atoms with Crippen molar-refractivity contribution in [3.05, 3.63) is 0 Å². The second kappa shape index (κ2) is 11.6. The molecule has 0 heterocycles. The van der Waals surface area contributed by atoms with Gasteiger partial charge in [-0.25, -0.2) is 9.59 Å². The van der Waals surface area contributed by atoms with E-state index in [1.807, 2.05) is 0 Å². The highest BCUT2D eigenvalue weighted by Crippen LogP contribution is 2.25. The Morgan fingerprint density at radius 3 is 1.22 bits per heavy atom. The summed E-state index contributed by atoms with van der Waals surface area (Å²) in [5, 5.41) is 23.3. The fraction of sp³-hybridized carbons (Fsp3) is 0.714. The first-order chi connectivity index (χ1) is 14.2. The highest BCUT2D eigenvalue weighted by molar-refractivity contribution is 8.76. The topological polar surface area (TPSA) is 207 Å². The molecule has 0 bridgehead atoms. The number of nitrogens with one attached hydrogen (secondary N) is 2. The van der Waals surface area contributed by atoms with Gasteiger partial charge in [0.2, 0.25) is 0 Å². The number of carbonyl (C=O) groups is 2. The third-order valence-corrected chi connectivity index (χ3v) is 11.1. The van der Waals surface area contributed by atoms with Crippen LogP contribution in [0.3, 0.4) is 0 Å². The molecule has 0 radical (unpaired) electrons. The van der Waals surface area contributed by atoms with E-state index < -0.39 is 63.7 Å². The van der Waals surface area contributed by atoms with Gasteiger partial charge in [-0.1, -0.05) is 46.0 Å². The van der Waals surface area contributed by atoms with E-state index in [0.717, 1.165) is 49.3 Å². The Morgan fingerprint density at radius 1 is 0.781 bits per heavy atom. The lowest BCUT2D eigenvalue weighted by Crippen LogP contribution is -2.53. The van der Waals surface area contributed by atoms with E-state index in [1.165, 1.54) is 0 Å². The number of hydrogen-bond donors (Lipinski definition) is 6. The number of rotatable bonds is 13.